The lowest BCUT2D eigenvalue weighted by Crippen LogP contribution is -1.87. The molecule has 0 spiro atoms. The van der Waals surface area contributed by atoms with Crippen molar-refractivity contribution in [3.63, 3.8) is 0 Å². The van der Waals surface area contributed by atoms with E-state index >= 15 is 0 Å². The van der Waals surface area contributed by atoms with E-state index in [9.17, 15) is 0 Å². The minimum absolute atomic E-state index is 0.219. The first-order valence-corrected chi connectivity index (χ1v) is 4.33. The Kier molecular flexibility index (Phi) is 1.53. The summed E-state index contributed by atoms with van der Waals surface area (Å²) in [4.78, 5) is 4.63. The van der Waals surface area contributed by atoms with Crippen molar-refractivity contribution in [3.8, 4) is 6.07 Å². The molecule has 0 aliphatic carbocycles. The van der Waals surface area contributed by atoms with E-state index in [0.29, 0.717) is 10.7 Å². The van der Waals surface area contributed by atoms with Gasteiger partial charge in [-0.1, -0.05) is 22.9 Å². The van der Waals surface area contributed by atoms with Gasteiger partial charge >= 0.3 is 0 Å². The van der Waals surface area contributed by atoms with Gasteiger partial charge in [0.25, 0.3) is 0 Å². The van der Waals surface area contributed by atoms with Gasteiger partial charge < -0.3 is 0 Å². The first-order valence-electron chi connectivity index (χ1n) is 3.14. The topological polar surface area (TPSA) is 54.0 Å². The number of halogens is 1. The van der Waals surface area contributed by atoms with Gasteiger partial charge in [-0.3, -0.25) is 0 Å². The monoisotopic (exact) mass is 198 g/mol. The van der Waals surface area contributed by atoms with E-state index in [-0.39, 0.29) is 5.15 Å². The number of nitrogens with zero attached hydrogens (tertiary/aromatic N) is 4. The van der Waals surface area contributed by atoms with Crippen LogP contribution in [0, 0.1) is 18.3 Å². The summed E-state index contributed by atoms with van der Waals surface area (Å²) < 4.78 is 1.46. The Morgan fingerprint density at radius 3 is 3.08 bits per heavy atom. The molecule has 2 rings (SSSR count). The van der Waals surface area contributed by atoms with Gasteiger partial charge in [-0.15, -0.1) is 0 Å². The van der Waals surface area contributed by atoms with Gasteiger partial charge in [0.05, 0.1) is 0 Å². The molecule has 0 fully saturated rings. The summed E-state index contributed by atoms with van der Waals surface area (Å²) in [6.07, 6.45) is 0. The van der Waals surface area contributed by atoms with Crippen LogP contribution in [0.3, 0.4) is 0 Å². The van der Waals surface area contributed by atoms with Gasteiger partial charge in [0, 0.05) is 0 Å². The van der Waals surface area contributed by atoms with E-state index in [2.05, 4.69) is 10.1 Å². The van der Waals surface area contributed by atoms with E-state index in [0.717, 1.165) is 5.01 Å². The molecule has 6 heteroatoms. The van der Waals surface area contributed by atoms with Crippen molar-refractivity contribution in [2.45, 2.75) is 6.92 Å². The van der Waals surface area contributed by atoms with Gasteiger partial charge in [-0.2, -0.15) is 14.9 Å². The van der Waals surface area contributed by atoms with Crippen molar-refractivity contribution >= 4 is 27.9 Å². The average molecular weight is 199 g/mol. The molecule has 0 unspecified atom stereocenters. The minimum Gasteiger partial charge on any atom is -0.204 e. The van der Waals surface area contributed by atoms with Crippen molar-refractivity contribution in [1.29, 1.82) is 5.26 Å². The Labute approximate surface area is 77.0 Å². The van der Waals surface area contributed by atoms with Crippen molar-refractivity contribution in [3.05, 3.63) is 15.9 Å². The van der Waals surface area contributed by atoms with Crippen molar-refractivity contribution in [1.82, 2.24) is 14.6 Å². The van der Waals surface area contributed by atoms with E-state index in [1.807, 2.05) is 13.0 Å². The van der Waals surface area contributed by atoms with Crippen molar-refractivity contribution < 1.29 is 0 Å². The number of hydrogen-bond acceptors (Lipinski definition) is 4. The van der Waals surface area contributed by atoms with Crippen LogP contribution in [-0.2, 0) is 0 Å². The van der Waals surface area contributed by atoms with Crippen LogP contribution in [0.2, 0.25) is 5.15 Å². The SMILES string of the molecule is Cc1nn2c(C#N)c(Cl)nc2s1. The molecule has 0 amide bonds. The van der Waals surface area contributed by atoms with Crippen LogP contribution < -0.4 is 0 Å². The molecule has 0 aliphatic heterocycles. The zero-order valence-electron chi connectivity index (χ0n) is 6.08. The molecule has 0 atom stereocenters. The molecule has 2 aromatic heterocycles. The standard InChI is InChI=1S/C6H3ClN4S/c1-3-10-11-4(2-8)5(7)9-6(11)12-3/h1H3. The number of aromatic nitrogens is 3. The fourth-order valence-electron chi connectivity index (χ4n) is 0.913. The largest absolute Gasteiger partial charge is 0.214 e. The van der Waals surface area contributed by atoms with E-state index in [1.165, 1.54) is 15.9 Å². The molecule has 0 saturated carbocycles. The Morgan fingerprint density at radius 2 is 2.42 bits per heavy atom. The molecule has 60 valence electrons. The third-order valence-electron chi connectivity index (χ3n) is 1.37. The maximum absolute atomic E-state index is 8.68. The molecule has 12 heavy (non-hydrogen) atoms. The highest BCUT2D eigenvalue weighted by molar-refractivity contribution is 7.16. The van der Waals surface area contributed by atoms with Crippen LogP contribution in [0.15, 0.2) is 0 Å². The highest BCUT2D eigenvalue weighted by Crippen LogP contribution is 2.20. The summed E-state index contributed by atoms with van der Waals surface area (Å²) in [6.45, 7) is 1.86. The molecule has 0 aromatic carbocycles. The molecule has 2 aromatic rings. The lowest BCUT2D eigenvalue weighted by atomic mass is 10.5. The summed E-state index contributed by atoms with van der Waals surface area (Å²) in [7, 11) is 0. The summed E-state index contributed by atoms with van der Waals surface area (Å²) in [5, 5.41) is 13.8. The maximum atomic E-state index is 8.68. The molecule has 0 saturated heterocycles. The van der Waals surface area contributed by atoms with Crippen LogP contribution in [0.5, 0.6) is 0 Å². The Bertz CT molecular complexity index is 477. The van der Waals surface area contributed by atoms with Gasteiger partial charge in [-0.25, -0.2) is 4.98 Å². The van der Waals surface area contributed by atoms with Crippen LogP contribution in [0.1, 0.15) is 10.7 Å². The third kappa shape index (κ3) is 0.891. The van der Waals surface area contributed by atoms with Gasteiger partial charge in [0.1, 0.15) is 11.1 Å². The number of hydrogen-bond donors (Lipinski definition) is 0. The Balaban J connectivity index is 2.89. The van der Waals surface area contributed by atoms with Crippen LogP contribution in [-0.4, -0.2) is 14.6 Å². The first-order chi connectivity index (χ1) is 5.72. The van der Waals surface area contributed by atoms with Crippen LogP contribution >= 0.6 is 22.9 Å². The summed E-state index contributed by atoms with van der Waals surface area (Å²) >= 11 is 7.08. The third-order valence-corrected chi connectivity index (χ3v) is 2.46. The van der Waals surface area contributed by atoms with Crippen LogP contribution in [0.25, 0.3) is 4.96 Å². The van der Waals surface area contributed by atoms with E-state index in [1.54, 1.807) is 0 Å². The molecule has 0 aliphatic rings. The summed E-state index contributed by atoms with van der Waals surface area (Å²) in [5.74, 6) is 0. The first kappa shape index (κ1) is 7.53. The Morgan fingerprint density at radius 1 is 1.67 bits per heavy atom. The highest BCUT2D eigenvalue weighted by Gasteiger charge is 2.12. The molecular weight excluding hydrogens is 196 g/mol. The average Bonchev–Trinajstić information content (AvgIpc) is 2.43. The van der Waals surface area contributed by atoms with Gasteiger partial charge in [-0.05, 0) is 6.92 Å². The summed E-state index contributed by atoms with van der Waals surface area (Å²) in [5.41, 5.74) is 0.302. The number of rotatable bonds is 0. The maximum Gasteiger partial charge on any atom is 0.214 e. The molecule has 0 N–H and O–H groups in total. The number of imidazole rings is 1. The van der Waals surface area contributed by atoms with E-state index < -0.39 is 0 Å². The highest BCUT2D eigenvalue weighted by atomic mass is 35.5. The lowest BCUT2D eigenvalue weighted by Gasteiger charge is -1.81. The Hall–Kier alpha value is -1.12. The predicted octanol–water partition coefficient (Wildman–Crippen LogP) is 1.62. The fraction of sp³-hybridized carbons (Fsp3) is 0.167. The second kappa shape index (κ2) is 2.44. The quantitative estimate of drug-likeness (QED) is 0.647. The number of fused-ring (bicyclic) bond motifs is 1. The lowest BCUT2D eigenvalue weighted by molar-refractivity contribution is 0.930. The van der Waals surface area contributed by atoms with Crippen LogP contribution in [0.4, 0.5) is 0 Å². The van der Waals surface area contributed by atoms with Crippen molar-refractivity contribution in [2.24, 2.45) is 0 Å². The molecule has 4 nitrogen and oxygen atoms in total. The zero-order chi connectivity index (χ0) is 8.72. The molecule has 2 heterocycles. The molecular formula is C6H3ClN4S. The zero-order valence-corrected chi connectivity index (χ0v) is 7.65. The fourth-order valence-corrected chi connectivity index (χ4v) is 1.91. The van der Waals surface area contributed by atoms with E-state index in [4.69, 9.17) is 16.9 Å². The predicted molar refractivity (Wildman–Crippen MR) is 45.3 cm³/mol. The number of aryl methyl sites for hydroxylation is 1. The second-order valence-electron chi connectivity index (χ2n) is 2.18. The minimum atomic E-state index is 0.219. The second-order valence-corrected chi connectivity index (χ2v) is 3.70. The molecule has 0 radical (unpaired) electrons. The van der Waals surface area contributed by atoms with Gasteiger partial charge in [0.15, 0.2) is 10.8 Å². The van der Waals surface area contributed by atoms with Crippen molar-refractivity contribution in [2.75, 3.05) is 0 Å². The smallest absolute Gasteiger partial charge is 0.204 e. The molecule has 0 bridgehead atoms. The number of nitriles is 1. The summed E-state index contributed by atoms with van der Waals surface area (Å²) in [6, 6.07) is 1.94. The normalized spacial score (nSPS) is 10.4. The van der Waals surface area contributed by atoms with Gasteiger partial charge in [0.2, 0.25) is 4.96 Å².